The number of piperazine rings is 1. The molecule has 1 aliphatic rings. The van der Waals surface area contributed by atoms with Gasteiger partial charge in [0.25, 0.3) is 10.0 Å². The number of hydrogen-bond acceptors (Lipinski definition) is 5. The van der Waals surface area contributed by atoms with Gasteiger partial charge in [-0.1, -0.05) is 32.9 Å². The van der Waals surface area contributed by atoms with Gasteiger partial charge in [0.1, 0.15) is 5.82 Å². The SMILES string of the molecule is CCN1CCN(c2ccc(NS(=O)(=O)c3ccc(C(C)C)cc3)cn2)CC1.Cl. The zero-order chi connectivity index (χ0) is 19.4. The number of nitrogens with zero attached hydrogens (tertiary/aromatic N) is 3. The molecule has 3 rings (SSSR count). The van der Waals surface area contributed by atoms with Crippen LogP contribution in [0.25, 0.3) is 0 Å². The van der Waals surface area contributed by atoms with Crippen molar-refractivity contribution < 1.29 is 8.42 Å². The normalized spacial score (nSPS) is 15.4. The topological polar surface area (TPSA) is 65.5 Å². The van der Waals surface area contributed by atoms with E-state index in [1.165, 1.54) is 0 Å². The highest BCUT2D eigenvalue weighted by Gasteiger charge is 2.18. The van der Waals surface area contributed by atoms with Gasteiger partial charge in [0.05, 0.1) is 16.8 Å². The molecule has 0 amide bonds. The minimum Gasteiger partial charge on any atom is -0.354 e. The number of sulfonamides is 1. The molecule has 1 N–H and O–H groups in total. The van der Waals surface area contributed by atoms with E-state index in [0.29, 0.717) is 11.6 Å². The molecule has 0 unspecified atom stereocenters. The lowest BCUT2D eigenvalue weighted by molar-refractivity contribution is 0.270. The highest BCUT2D eigenvalue weighted by Crippen LogP contribution is 2.21. The van der Waals surface area contributed by atoms with Crippen molar-refractivity contribution in [1.29, 1.82) is 0 Å². The van der Waals surface area contributed by atoms with Crippen molar-refractivity contribution in [2.75, 3.05) is 42.3 Å². The van der Waals surface area contributed by atoms with Crippen molar-refractivity contribution in [3.8, 4) is 0 Å². The number of aromatic nitrogens is 1. The standard InChI is InChI=1S/C20H28N4O2S.ClH/c1-4-23-11-13-24(14-12-23)20-10-7-18(15-21-20)22-27(25,26)19-8-5-17(6-9-19)16(2)3;/h5-10,15-16,22H,4,11-14H2,1-3H3;1H. The first-order valence-electron chi connectivity index (χ1n) is 9.45. The van der Waals surface area contributed by atoms with Crippen LogP contribution in [0.4, 0.5) is 11.5 Å². The fourth-order valence-corrected chi connectivity index (χ4v) is 4.22. The van der Waals surface area contributed by atoms with Gasteiger partial charge in [0, 0.05) is 26.2 Å². The lowest BCUT2D eigenvalue weighted by Crippen LogP contribution is -2.46. The van der Waals surface area contributed by atoms with Gasteiger partial charge in [-0.15, -0.1) is 12.4 Å². The smallest absolute Gasteiger partial charge is 0.261 e. The van der Waals surface area contributed by atoms with E-state index >= 15 is 0 Å². The number of rotatable bonds is 6. The number of likely N-dealkylation sites (N-methyl/N-ethyl adjacent to an activating group) is 1. The molecular formula is C20H29ClN4O2S. The zero-order valence-corrected chi connectivity index (χ0v) is 18.3. The second-order valence-corrected chi connectivity index (χ2v) is 8.84. The van der Waals surface area contributed by atoms with E-state index in [2.05, 4.69) is 40.3 Å². The molecule has 0 radical (unpaired) electrons. The Kier molecular flexibility index (Phi) is 7.69. The maximum atomic E-state index is 12.6. The van der Waals surface area contributed by atoms with Crippen molar-refractivity contribution in [1.82, 2.24) is 9.88 Å². The van der Waals surface area contributed by atoms with Gasteiger partial charge < -0.3 is 9.80 Å². The Balaban J connectivity index is 0.00000280. The second kappa shape index (κ2) is 9.58. The van der Waals surface area contributed by atoms with Gasteiger partial charge in [0.15, 0.2) is 0 Å². The number of nitrogens with one attached hydrogen (secondary N) is 1. The highest BCUT2D eigenvalue weighted by molar-refractivity contribution is 7.92. The van der Waals surface area contributed by atoms with Crippen LogP contribution in [-0.4, -0.2) is 51.0 Å². The van der Waals surface area contributed by atoms with Crippen LogP contribution in [0.2, 0.25) is 0 Å². The van der Waals surface area contributed by atoms with E-state index in [9.17, 15) is 8.42 Å². The molecule has 1 fully saturated rings. The summed E-state index contributed by atoms with van der Waals surface area (Å²) in [4.78, 5) is 9.34. The Morgan fingerprint density at radius 2 is 1.68 bits per heavy atom. The average Bonchev–Trinajstić information content (AvgIpc) is 2.68. The van der Waals surface area contributed by atoms with E-state index in [1.54, 1.807) is 24.4 Å². The number of hydrogen-bond donors (Lipinski definition) is 1. The molecule has 2 heterocycles. The fraction of sp³-hybridized carbons (Fsp3) is 0.450. The Hall–Kier alpha value is -1.83. The molecule has 8 heteroatoms. The first kappa shape index (κ1) is 22.5. The molecule has 1 aromatic carbocycles. The van der Waals surface area contributed by atoms with E-state index in [1.807, 2.05) is 18.2 Å². The predicted octanol–water partition coefficient (Wildman–Crippen LogP) is 3.57. The third-order valence-corrected chi connectivity index (χ3v) is 6.40. The lowest BCUT2D eigenvalue weighted by Gasteiger charge is -2.34. The molecule has 6 nitrogen and oxygen atoms in total. The molecule has 154 valence electrons. The van der Waals surface area contributed by atoms with Crippen molar-refractivity contribution >= 4 is 33.9 Å². The number of anilines is 2. The van der Waals surface area contributed by atoms with E-state index in [0.717, 1.165) is 44.1 Å². The van der Waals surface area contributed by atoms with Gasteiger partial charge >= 0.3 is 0 Å². The van der Waals surface area contributed by atoms with E-state index in [4.69, 9.17) is 0 Å². The molecule has 0 spiro atoms. The summed E-state index contributed by atoms with van der Waals surface area (Å²) in [6, 6.07) is 10.7. The number of benzene rings is 1. The summed E-state index contributed by atoms with van der Waals surface area (Å²) in [7, 11) is -3.61. The highest BCUT2D eigenvalue weighted by atomic mass is 35.5. The van der Waals surface area contributed by atoms with Crippen LogP contribution in [0.5, 0.6) is 0 Å². The maximum Gasteiger partial charge on any atom is 0.261 e. The lowest BCUT2D eigenvalue weighted by atomic mass is 10.0. The largest absolute Gasteiger partial charge is 0.354 e. The van der Waals surface area contributed by atoms with Crippen LogP contribution in [0, 0.1) is 0 Å². The van der Waals surface area contributed by atoms with Gasteiger partial charge in [-0.3, -0.25) is 4.72 Å². The summed E-state index contributed by atoms with van der Waals surface area (Å²) in [5, 5.41) is 0. The Bertz CT molecular complexity index is 847. The van der Waals surface area contributed by atoms with Crippen molar-refractivity contribution in [2.45, 2.75) is 31.6 Å². The first-order valence-corrected chi connectivity index (χ1v) is 10.9. The summed E-state index contributed by atoms with van der Waals surface area (Å²) in [6.07, 6.45) is 1.58. The summed E-state index contributed by atoms with van der Waals surface area (Å²) in [6.45, 7) is 11.3. The summed E-state index contributed by atoms with van der Waals surface area (Å²) in [5.74, 6) is 1.25. The van der Waals surface area contributed by atoms with Crippen molar-refractivity contribution in [3.05, 3.63) is 48.2 Å². The first-order chi connectivity index (χ1) is 12.9. The molecule has 0 saturated carbocycles. The summed E-state index contributed by atoms with van der Waals surface area (Å²) in [5.41, 5.74) is 1.59. The quantitative estimate of drug-likeness (QED) is 0.767. The molecule has 0 bridgehead atoms. The third kappa shape index (κ3) is 5.37. The minimum absolute atomic E-state index is 0. The zero-order valence-electron chi connectivity index (χ0n) is 16.6. The predicted molar refractivity (Wildman–Crippen MR) is 117 cm³/mol. The molecule has 1 aliphatic heterocycles. The molecule has 28 heavy (non-hydrogen) atoms. The van der Waals surface area contributed by atoms with Gasteiger partial charge in [-0.25, -0.2) is 13.4 Å². The Morgan fingerprint density at radius 3 is 2.18 bits per heavy atom. The van der Waals surface area contributed by atoms with Crippen LogP contribution in [0.15, 0.2) is 47.5 Å². The number of halogens is 1. The average molecular weight is 425 g/mol. The molecule has 2 aromatic rings. The van der Waals surface area contributed by atoms with Crippen molar-refractivity contribution in [3.63, 3.8) is 0 Å². The van der Waals surface area contributed by atoms with Crippen LogP contribution >= 0.6 is 12.4 Å². The fourth-order valence-electron chi connectivity index (χ4n) is 3.17. The minimum atomic E-state index is -3.61. The van der Waals surface area contributed by atoms with Crippen LogP contribution in [0.1, 0.15) is 32.3 Å². The molecule has 1 saturated heterocycles. The molecule has 0 aliphatic carbocycles. The third-order valence-electron chi connectivity index (χ3n) is 5.00. The van der Waals surface area contributed by atoms with Crippen LogP contribution in [0.3, 0.4) is 0 Å². The molecule has 0 atom stereocenters. The van der Waals surface area contributed by atoms with Gasteiger partial charge in [-0.2, -0.15) is 0 Å². The van der Waals surface area contributed by atoms with Crippen LogP contribution in [-0.2, 0) is 10.0 Å². The van der Waals surface area contributed by atoms with Crippen molar-refractivity contribution in [2.24, 2.45) is 0 Å². The summed E-state index contributed by atoms with van der Waals surface area (Å²) >= 11 is 0. The monoisotopic (exact) mass is 424 g/mol. The van der Waals surface area contributed by atoms with Crippen LogP contribution < -0.4 is 9.62 Å². The Morgan fingerprint density at radius 1 is 1.04 bits per heavy atom. The van der Waals surface area contributed by atoms with Gasteiger partial charge in [-0.05, 0) is 42.3 Å². The van der Waals surface area contributed by atoms with E-state index in [-0.39, 0.29) is 17.3 Å². The molecule has 1 aromatic heterocycles. The maximum absolute atomic E-state index is 12.6. The molecular weight excluding hydrogens is 396 g/mol. The van der Waals surface area contributed by atoms with Gasteiger partial charge in [0.2, 0.25) is 0 Å². The number of pyridine rings is 1. The van der Waals surface area contributed by atoms with E-state index < -0.39 is 10.0 Å². The summed E-state index contributed by atoms with van der Waals surface area (Å²) < 4.78 is 27.8. The second-order valence-electron chi connectivity index (χ2n) is 7.16. The Labute approximate surface area is 174 Å².